The normalized spacial score (nSPS) is 18.6. The number of rotatable bonds is 5. The molecular weight excluding hydrogens is 408 g/mol. The van der Waals surface area contributed by atoms with E-state index in [-0.39, 0.29) is 11.3 Å². The molecule has 0 aliphatic heterocycles. The van der Waals surface area contributed by atoms with Crippen molar-refractivity contribution in [2.45, 2.75) is 38.1 Å². The maximum Gasteiger partial charge on any atom is 0.413 e. The summed E-state index contributed by atoms with van der Waals surface area (Å²) in [7, 11) is 1.50. The average Bonchev–Trinajstić information content (AvgIpc) is 2.74. The Bertz CT molecular complexity index is 964. The maximum atomic E-state index is 13.0. The standard InChI is InChI=1S/C22H23ClN2O5/c1-15-10-12-24-13-16(15)20(27)29-14-30-21(28)25(2)22(11-6-5-9-19(22)26)17-7-3-4-8-18(17)23/h3-4,7-8,10,12-13H,5-6,9,11,14H2,1-2H3. The van der Waals surface area contributed by atoms with Crippen molar-refractivity contribution in [3.05, 3.63) is 64.4 Å². The molecule has 0 spiro atoms. The number of ether oxygens (including phenoxy) is 2. The number of Topliss-reactive ketones (excluding diaryl/α,β-unsaturated/α-hetero) is 1. The summed E-state index contributed by atoms with van der Waals surface area (Å²) in [6.07, 6.45) is 4.49. The molecule has 0 radical (unpaired) electrons. The molecule has 1 aromatic carbocycles. The maximum absolute atomic E-state index is 13.0. The fourth-order valence-corrected chi connectivity index (χ4v) is 4.06. The van der Waals surface area contributed by atoms with Gasteiger partial charge >= 0.3 is 12.1 Å². The summed E-state index contributed by atoms with van der Waals surface area (Å²) in [5, 5.41) is 0.408. The fourth-order valence-electron chi connectivity index (χ4n) is 3.77. The highest BCUT2D eigenvalue weighted by atomic mass is 35.5. The van der Waals surface area contributed by atoms with Gasteiger partial charge in [0.1, 0.15) is 5.54 Å². The first-order chi connectivity index (χ1) is 14.4. The van der Waals surface area contributed by atoms with Crippen LogP contribution in [0.25, 0.3) is 0 Å². The summed E-state index contributed by atoms with van der Waals surface area (Å²) in [5.41, 5.74) is 0.345. The van der Waals surface area contributed by atoms with Crippen molar-refractivity contribution in [3.63, 3.8) is 0 Å². The summed E-state index contributed by atoms with van der Waals surface area (Å²) in [6, 6.07) is 8.67. The lowest BCUT2D eigenvalue weighted by molar-refractivity contribution is -0.133. The lowest BCUT2D eigenvalue weighted by atomic mass is 9.74. The van der Waals surface area contributed by atoms with Gasteiger partial charge in [0.2, 0.25) is 6.79 Å². The molecule has 1 atom stereocenters. The van der Waals surface area contributed by atoms with Crippen LogP contribution in [0, 0.1) is 6.92 Å². The molecule has 1 saturated carbocycles. The average molecular weight is 431 g/mol. The van der Waals surface area contributed by atoms with Crippen molar-refractivity contribution in [2.24, 2.45) is 0 Å². The van der Waals surface area contributed by atoms with Crippen molar-refractivity contribution < 1.29 is 23.9 Å². The molecule has 2 aromatic rings. The van der Waals surface area contributed by atoms with E-state index in [1.54, 1.807) is 43.5 Å². The zero-order chi connectivity index (χ0) is 21.7. The second kappa shape index (κ2) is 9.26. The zero-order valence-corrected chi connectivity index (χ0v) is 17.6. The third kappa shape index (κ3) is 4.16. The van der Waals surface area contributed by atoms with Crippen LogP contribution in [0.15, 0.2) is 42.7 Å². The van der Waals surface area contributed by atoms with E-state index in [0.717, 1.165) is 12.8 Å². The molecule has 1 fully saturated rings. The quantitative estimate of drug-likeness (QED) is 0.520. The Morgan fingerprint density at radius 3 is 2.67 bits per heavy atom. The van der Waals surface area contributed by atoms with Gasteiger partial charge in [-0.2, -0.15) is 0 Å². The Morgan fingerprint density at radius 2 is 1.97 bits per heavy atom. The van der Waals surface area contributed by atoms with Gasteiger partial charge in [-0.05, 0) is 43.9 Å². The van der Waals surface area contributed by atoms with Gasteiger partial charge in [0.25, 0.3) is 0 Å². The number of likely N-dealkylation sites (N-methyl/N-ethyl adjacent to an activating group) is 1. The number of amides is 1. The molecular formula is C22H23ClN2O5. The molecule has 1 heterocycles. The predicted octanol–water partition coefficient (Wildman–Crippen LogP) is 4.26. The van der Waals surface area contributed by atoms with Gasteiger partial charge in [0, 0.05) is 36.4 Å². The molecule has 3 rings (SSSR count). The van der Waals surface area contributed by atoms with Crippen LogP contribution in [0.1, 0.15) is 47.2 Å². The molecule has 0 bridgehead atoms. The van der Waals surface area contributed by atoms with Gasteiger partial charge in [0.15, 0.2) is 5.78 Å². The molecule has 1 aliphatic rings. The summed E-state index contributed by atoms with van der Waals surface area (Å²) in [4.78, 5) is 43.1. The molecule has 1 aliphatic carbocycles. The number of pyridine rings is 1. The smallest absolute Gasteiger partial charge is 0.413 e. The van der Waals surface area contributed by atoms with E-state index in [1.807, 2.05) is 0 Å². The van der Waals surface area contributed by atoms with Crippen LogP contribution in [0.4, 0.5) is 4.79 Å². The van der Waals surface area contributed by atoms with Crippen LogP contribution in [0.5, 0.6) is 0 Å². The third-order valence-electron chi connectivity index (χ3n) is 5.45. The van der Waals surface area contributed by atoms with Gasteiger partial charge in [0.05, 0.1) is 5.56 Å². The molecule has 0 N–H and O–H groups in total. The van der Waals surface area contributed by atoms with Crippen LogP contribution in [0.2, 0.25) is 5.02 Å². The number of hydrogen-bond acceptors (Lipinski definition) is 6. The number of halogens is 1. The number of aromatic nitrogens is 1. The van der Waals surface area contributed by atoms with E-state index in [4.69, 9.17) is 21.1 Å². The summed E-state index contributed by atoms with van der Waals surface area (Å²) >= 11 is 6.38. The lowest BCUT2D eigenvalue weighted by Gasteiger charge is -2.43. The minimum Gasteiger partial charge on any atom is -0.424 e. The number of esters is 1. The minimum atomic E-state index is -1.21. The number of aryl methyl sites for hydroxylation is 1. The van der Waals surface area contributed by atoms with Gasteiger partial charge in [-0.3, -0.25) is 14.7 Å². The van der Waals surface area contributed by atoms with E-state index >= 15 is 0 Å². The Kier molecular flexibility index (Phi) is 6.72. The Balaban J connectivity index is 1.74. The molecule has 1 aromatic heterocycles. The van der Waals surface area contributed by atoms with Crippen molar-refractivity contribution in [2.75, 3.05) is 13.8 Å². The largest absolute Gasteiger partial charge is 0.424 e. The second-order valence-corrected chi connectivity index (χ2v) is 7.59. The molecule has 158 valence electrons. The number of ketones is 1. The van der Waals surface area contributed by atoms with E-state index in [0.29, 0.717) is 29.0 Å². The molecule has 30 heavy (non-hydrogen) atoms. The topological polar surface area (TPSA) is 85.8 Å². The van der Waals surface area contributed by atoms with Crippen LogP contribution < -0.4 is 0 Å². The Morgan fingerprint density at radius 1 is 1.20 bits per heavy atom. The van der Waals surface area contributed by atoms with Gasteiger partial charge in [-0.25, -0.2) is 9.59 Å². The first-order valence-corrected chi connectivity index (χ1v) is 10.0. The van der Waals surface area contributed by atoms with Crippen molar-refractivity contribution in [1.82, 2.24) is 9.88 Å². The summed E-state index contributed by atoms with van der Waals surface area (Å²) in [6.45, 7) is 1.17. The number of nitrogens with zero attached hydrogens (tertiary/aromatic N) is 2. The highest BCUT2D eigenvalue weighted by Crippen LogP contribution is 2.42. The first kappa shape index (κ1) is 21.8. The third-order valence-corrected chi connectivity index (χ3v) is 5.78. The molecule has 1 unspecified atom stereocenters. The number of benzene rings is 1. The van der Waals surface area contributed by atoms with Crippen LogP contribution in [0.3, 0.4) is 0 Å². The molecule has 0 saturated heterocycles. The molecule has 8 heteroatoms. The number of carbonyl (C=O) groups is 3. The van der Waals surface area contributed by atoms with Gasteiger partial charge in [-0.1, -0.05) is 29.8 Å². The van der Waals surface area contributed by atoms with Crippen molar-refractivity contribution >= 4 is 29.4 Å². The fraction of sp³-hybridized carbons (Fsp3) is 0.364. The highest BCUT2D eigenvalue weighted by Gasteiger charge is 2.48. The monoisotopic (exact) mass is 430 g/mol. The van der Waals surface area contributed by atoms with Gasteiger partial charge < -0.3 is 9.47 Å². The summed E-state index contributed by atoms with van der Waals surface area (Å²) in [5.74, 6) is -0.741. The van der Waals surface area contributed by atoms with Crippen LogP contribution in [-0.2, 0) is 19.8 Å². The lowest BCUT2D eigenvalue weighted by Crippen LogP contribution is -2.54. The number of carbonyl (C=O) groups excluding carboxylic acids is 3. The Hall–Kier alpha value is -2.93. The van der Waals surface area contributed by atoms with Crippen LogP contribution in [-0.4, -0.2) is 41.6 Å². The summed E-state index contributed by atoms with van der Waals surface area (Å²) < 4.78 is 10.2. The SMILES string of the molecule is Cc1ccncc1C(=O)OCOC(=O)N(C)C1(c2ccccc2Cl)CCCCC1=O. The van der Waals surface area contributed by atoms with E-state index in [2.05, 4.69) is 4.98 Å². The second-order valence-electron chi connectivity index (χ2n) is 7.18. The predicted molar refractivity (Wildman–Crippen MR) is 110 cm³/mol. The van der Waals surface area contributed by atoms with Crippen molar-refractivity contribution in [1.29, 1.82) is 0 Å². The number of hydrogen-bond donors (Lipinski definition) is 0. The molecule has 7 nitrogen and oxygen atoms in total. The molecule has 1 amide bonds. The first-order valence-electron chi connectivity index (χ1n) is 9.64. The van der Waals surface area contributed by atoms with E-state index < -0.39 is 24.4 Å². The van der Waals surface area contributed by atoms with Gasteiger partial charge in [-0.15, -0.1) is 0 Å². The van der Waals surface area contributed by atoms with Crippen molar-refractivity contribution in [3.8, 4) is 0 Å². The van der Waals surface area contributed by atoms with E-state index in [9.17, 15) is 14.4 Å². The van der Waals surface area contributed by atoms with E-state index in [1.165, 1.54) is 18.1 Å². The minimum absolute atomic E-state index is 0.0933. The Labute approximate surface area is 179 Å². The van der Waals surface area contributed by atoms with Crippen LogP contribution >= 0.6 is 11.6 Å². The highest BCUT2D eigenvalue weighted by molar-refractivity contribution is 6.31. The zero-order valence-electron chi connectivity index (χ0n) is 16.9.